The van der Waals surface area contributed by atoms with Gasteiger partial charge < -0.3 is 0 Å². The summed E-state index contributed by atoms with van der Waals surface area (Å²) in [6.07, 6.45) is 33.2. The van der Waals surface area contributed by atoms with Gasteiger partial charge in [0.2, 0.25) is 0 Å². The minimum absolute atomic E-state index is 0.332. The molecule has 2 heteroatoms. The molecule has 0 bridgehead atoms. The van der Waals surface area contributed by atoms with Crippen LogP contribution in [0.25, 0.3) is 0 Å². The second-order valence-electron chi connectivity index (χ2n) is 24.0. The summed E-state index contributed by atoms with van der Waals surface area (Å²) >= 11 is 0. The van der Waals surface area contributed by atoms with Gasteiger partial charge in [-0.1, -0.05) is 119 Å². The SMILES string of the molecule is CC(C)CCC[C@@H](C)[C@H]1CC[C@H]2[C@@H]3CCC4=CC(=O)CC[C@]4(C)[C@H]3CC[C@]12C.CC(C)CCC[C@@H](C)[C@H]1CC[C@H]2[C@@H]3CCC4=CC(=O)CC[C@]4(C)[C@H]3CC[C@]12C. The molecule has 0 aromatic heterocycles. The van der Waals surface area contributed by atoms with E-state index in [1.165, 1.54) is 127 Å². The highest BCUT2D eigenvalue weighted by molar-refractivity contribution is 5.92. The van der Waals surface area contributed by atoms with Crippen LogP contribution in [-0.4, -0.2) is 11.6 Å². The molecule has 0 amide bonds. The van der Waals surface area contributed by atoms with Crippen molar-refractivity contribution in [3.8, 4) is 0 Å². The molecule has 0 spiro atoms. The number of rotatable bonds is 10. The fourth-order valence-electron chi connectivity index (χ4n) is 17.2. The summed E-state index contributed by atoms with van der Waals surface area (Å²) in [7, 11) is 0. The topological polar surface area (TPSA) is 34.1 Å². The van der Waals surface area contributed by atoms with Crippen LogP contribution in [0.3, 0.4) is 0 Å². The second kappa shape index (κ2) is 16.7. The van der Waals surface area contributed by atoms with Crippen molar-refractivity contribution in [2.75, 3.05) is 0 Å². The van der Waals surface area contributed by atoms with Gasteiger partial charge in [-0.05, 0) is 195 Å². The summed E-state index contributed by atoms with van der Waals surface area (Å²) in [5.74, 6) is 11.6. The van der Waals surface area contributed by atoms with Crippen LogP contribution in [0.5, 0.6) is 0 Å². The molecule has 14 atom stereocenters. The summed E-state index contributed by atoms with van der Waals surface area (Å²) in [5, 5.41) is 0. The highest BCUT2D eigenvalue weighted by Crippen LogP contribution is 2.69. The zero-order valence-electron chi connectivity index (χ0n) is 38.5. The Morgan fingerprint density at radius 1 is 0.482 bits per heavy atom. The highest BCUT2D eigenvalue weighted by atomic mass is 16.1. The van der Waals surface area contributed by atoms with E-state index in [-0.39, 0.29) is 0 Å². The van der Waals surface area contributed by atoms with Crippen molar-refractivity contribution in [2.24, 2.45) is 92.7 Å². The smallest absolute Gasteiger partial charge is 0.155 e. The van der Waals surface area contributed by atoms with Gasteiger partial charge in [-0.15, -0.1) is 0 Å². The average molecular weight is 769 g/mol. The van der Waals surface area contributed by atoms with Gasteiger partial charge >= 0.3 is 0 Å². The molecule has 6 fully saturated rings. The van der Waals surface area contributed by atoms with Gasteiger partial charge in [0.05, 0.1) is 0 Å². The van der Waals surface area contributed by atoms with E-state index in [1.807, 2.05) is 0 Å². The van der Waals surface area contributed by atoms with Crippen LogP contribution < -0.4 is 0 Å². The number of fused-ring (bicyclic) bond motifs is 10. The Labute approximate surface area is 346 Å². The third kappa shape index (κ3) is 7.80. The predicted octanol–water partition coefficient (Wildman–Crippen LogP) is 15.2. The van der Waals surface area contributed by atoms with Gasteiger partial charge in [-0.3, -0.25) is 9.59 Å². The molecule has 8 rings (SSSR count). The molecule has 0 radical (unpaired) electrons. The van der Waals surface area contributed by atoms with Crippen molar-refractivity contribution in [3.63, 3.8) is 0 Å². The Balaban J connectivity index is 0.000000172. The lowest BCUT2D eigenvalue weighted by atomic mass is 9.46. The van der Waals surface area contributed by atoms with E-state index in [4.69, 9.17) is 0 Å². The van der Waals surface area contributed by atoms with E-state index in [9.17, 15) is 9.59 Å². The Morgan fingerprint density at radius 2 is 0.875 bits per heavy atom. The Morgan fingerprint density at radius 3 is 1.25 bits per heavy atom. The molecule has 8 aliphatic carbocycles. The van der Waals surface area contributed by atoms with Gasteiger partial charge in [0.15, 0.2) is 11.6 Å². The Bertz CT molecular complexity index is 1370. The van der Waals surface area contributed by atoms with Crippen LogP contribution in [-0.2, 0) is 9.59 Å². The predicted molar refractivity (Wildman–Crippen MR) is 236 cm³/mol. The summed E-state index contributed by atoms with van der Waals surface area (Å²) in [5.41, 5.74) is 4.87. The molecule has 6 saturated carbocycles. The maximum Gasteiger partial charge on any atom is 0.155 e. The molecule has 0 aliphatic heterocycles. The molecule has 0 N–H and O–H groups in total. The maximum absolute atomic E-state index is 12.0. The van der Waals surface area contributed by atoms with Crippen LogP contribution in [0.1, 0.15) is 210 Å². The number of hydrogen-bond donors (Lipinski definition) is 0. The number of allylic oxidation sites excluding steroid dienone is 2. The number of ketones is 2. The molecule has 56 heavy (non-hydrogen) atoms. The number of carbonyl (C=O) groups excluding carboxylic acids is 2. The van der Waals surface area contributed by atoms with Crippen molar-refractivity contribution >= 4 is 11.6 Å². The molecule has 8 aliphatic rings. The molecule has 0 heterocycles. The summed E-state index contributed by atoms with van der Waals surface area (Å²) < 4.78 is 0. The molecule has 0 aromatic rings. The Hall–Kier alpha value is -1.18. The molecular formula is C54H88O2. The van der Waals surface area contributed by atoms with Crippen molar-refractivity contribution in [1.82, 2.24) is 0 Å². The lowest BCUT2D eigenvalue weighted by molar-refractivity contribution is -0.118. The third-order valence-corrected chi connectivity index (χ3v) is 20.3. The minimum Gasteiger partial charge on any atom is -0.295 e. The first-order valence-corrected chi connectivity index (χ1v) is 25.0. The average Bonchev–Trinajstić information content (AvgIpc) is 3.69. The third-order valence-electron chi connectivity index (χ3n) is 20.3. The van der Waals surface area contributed by atoms with Crippen molar-refractivity contribution in [2.45, 2.75) is 210 Å². The molecule has 2 nitrogen and oxygen atoms in total. The fraction of sp³-hybridized carbons (Fsp3) is 0.889. The van der Waals surface area contributed by atoms with E-state index in [1.54, 1.807) is 0 Å². The van der Waals surface area contributed by atoms with Crippen molar-refractivity contribution in [1.29, 1.82) is 0 Å². The van der Waals surface area contributed by atoms with Gasteiger partial charge in [0.1, 0.15) is 0 Å². The van der Waals surface area contributed by atoms with Crippen LogP contribution in [0.4, 0.5) is 0 Å². The van der Waals surface area contributed by atoms with Gasteiger partial charge in [0.25, 0.3) is 0 Å². The largest absolute Gasteiger partial charge is 0.295 e. The van der Waals surface area contributed by atoms with E-state index >= 15 is 0 Å². The van der Waals surface area contributed by atoms with E-state index in [0.29, 0.717) is 33.2 Å². The lowest BCUT2D eigenvalue weighted by Gasteiger charge is -2.58. The monoisotopic (exact) mass is 769 g/mol. The van der Waals surface area contributed by atoms with Crippen molar-refractivity contribution in [3.05, 3.63) is 23.3 Å². The molecular weight excluding hydrogens is 681 g/mol. The normalized spacial score (nSPS) is 43.9. The maximum atomic E-state index is 12.0. The molecule has 0 saturated heterocycles. The first-order valence-electron chi connectivity index (χ1n) is 25.0. The summed E-state index contributed by atoms with van der Waals surface area (Å²) in [6, 6.07) is 0. The first-order chi connectivity index (χ1) is 26.5. The molecule has 0 unspecified atom stereocenters. The van der Waals surface area contributed by atoms with Crippen LogP contribution in [0.15, 0.2) is 23.3 Å². The fourth-order valence-corrected chi connectivity index (χ4v) is 17.2. The first kappa shape index (κ1) is 42.9. The molecule has 316 valence electrons. The Kier molecular flexibility index (Phi) is 12.8. The molecule has 0 aromatic carbocycles. The van der Waals surface area contributed by atoms with Crippen LogP contribution in [0.2, 0.25) is 0 Å². The van der Waals surface area contributed by atoms with Gasteiger partial charge in [0, 0.05) is 12.8 Å². The van der Waals surface area contributed by atoms with Crippen LogP contribution in [0, 0.1) is 92.7 Å². The minimum atomic E-state index is 0.332. The quantitative estimate of drug-likeness (QED) is 0.222. The van der Waals surface area contributed by atoms with Crippen molar-refractivity contribution < 1.29 is 9.59 Å². The summed E-state index contributed by atoms with van der Waals surface area (Å²) in [4.78, 5) is 24.0. The van der Waals surface area contributed by atoms with Gasteiger partial charge in [-0.2, -0.15) is 0 Å². The highest BCUT2D eigenvalue weighted by Gasteiger charge is 2.61. The zero-order chi connectivity index (χ0) is 40.2. The number of carbonyl (C=O) groups is 2. The van der Waals surface area contributed by atoms with E-state index in [2.05, 4.69) is 81.4 Å². The van der Waals surface area contributed by atoms with E-state index in [0.717, 1.165) is 96.7 Å². The second-order valence-corrected chi connectivity index (χ2v) is 24.0. The van der Waals surface area contributed by atoms with Gasteiger partial charge in [-0.25, -0.2) is 0 Å². The van der Waals surface area contributed by atoms with Crippen LogP contribution >= 0.6 is 0 Å². The van der Waals surface area contributed by atoms with E-state index < -0.39 is 0 Å². The lowest BCUT2D eigenvalue weighted by Crippen LogP contribution is -2.50. The number of hydrogen-bond acceptors (Lipinski definition) is 2. The summed E-state index contributed by atoms with van der Waals surface area (Å²) in [6.45, 7) is 25.0. The standard InChI is InChI=1S/2C27H44O/c2*1-18(2)7-6-8-19(3)23-11-12-24-22-10-9-20-17-21(28)13-15-26(20,4)25(22)14-16-27(23,24)5/h2*17-19,22-25H,6-16H2,1-5H3/t2*19-,22+,23-,24+,25+,26+,27-/m11/s1. The zero-order valence-corrected chi connectivity index (χ0v) is 38.5.